The van der Waals surface area contributed by atoms with Crippen molar-refractivity contribution in [3.8, 4) is 0 Å². The van der Waals surface area contributed by atoms with Gasteiger partial charge in [-0.1, -0.05) is 0 Å². The van der Waals surface area contributed by atoms with Crippen LogP contribution >= 0.6 is 0 Å². The highest BCUT2D eigenvalue weighted by Crippen LogP contribution is 2.11. The molecule has 0 atom stereocenters. The number of anilines is 1. The first-order valence-corrected chi connectivity index (χ1v) is 6.86. The minimum atomic E-state index is -0.250. The second kappa shape index (κ2) is 5.80. The zero-order valence-corrected chi connectivity index (χ0v) is 12.4. The maximum atomic E-state index is 12.2. The molecule has 112 valence electrons. The van der Waals surface area contributed by atoms with Crippen molar-refractivity contribution in [3.63, 3.8) is 0 Å². The van der Waals surface area contributed by atoms with Gasteiger partial charge in [-0.3, -0.25) is 14.5 Å². The summed E-state index contributed by atoms with van der Waals surface area (Å²) in [7, 11) is 1.81. The van der Waals surface area contributed by atoms with Gasteiger partial charge in [-0.05, 0) is 30.7 Å². The molecule has 0 aromatic carbocycles. The molecule has 0 spiro atoms. The second-order valence-corrected chi connectivity index (χ2v) is 4.98. The minimum Gasteiger partial charge on any atom is -0.305 e. The van der Waals surface area contributed by atoms with Crippen LogP contribution in [0, 0.1) is 6.92 Å². The highest BCUT2D eigenvalue weighted by Gasteiger charge is 2.13. The number of hydrogen-bond donors (Lipinski definition) is 1. The number of aryl methyl sites for hydroxylation is 2. The van der Waals surface area contributed by atoms with Gasteiger partial charge >= 0.3 is 0 Å². The van der Waals surface area contributed by atoms with Gasteiger partial charge in [-0.15, -0.1) is 0 Å². The van der Waals surface area contributed by atoms with Gasteiger partial charge in [0.15, 0.2) is 5.69 Å². The summed E-state index contributed by atoms with van der Waals surface area (Å²) >= 11 is 0. The summed E-state index contributed by atoms with van der Waals surface area (Å²) in [5.74, 6) is 0.380. The van der Waals surface area contributed by atoms with Gasteiger partial charge in [-0.25, -0.2) is 4.68 Å². The minimum absolute atomic E-state index is 0.250. The summed E-state index contributed by atoms with van der Waals surface area (Å²) < 4.78 is 3.40. The van der Waals surface area contributed by atoms with Crippen molar-refractivity contribution < 1.29 is 4.79 Å². The van der Waals surface area contributed by atoms with Crippen LogP contribution < -0.4 is 5.32 Å². The maximum Gasteiger partial charge on any atom is 0.277 e. The number of nitrogens with one attached hydrogen (secondary N) is 1. The zero-order chi connectivity index (χ0) is 15.5. The lowest BCUT2D eigenvalue weighted by Crippen LogP contribution is -2.17. The molecular formula is C15H16N6O. The predicted octanol–water partition coefficient (Wildman–Crippen LogP) is 1.62. The van der Waals surface area contributed by atoms with Gasteiger partial charge in [0.05, 0.1) is 12.7 Å². The Labute approximate surface area is 127 Å². The van der Waals surface area contributed by atoms with E-state index in [4.69, 9.17) is 0 Å². The Bertz CT molecular complexity index is 770. The van der Waals surface area contributed by atoms with Crippen LogP contribution in [-0.4, -0.2) is 30.5 Å². The summed E-state index contributed by atoms with van der Waals surface area (Å²) in [4.78, 5) is 16.2. The molecule has 3 rings (SSSR count). The molecule has 3 aromatic heterocycles. The van der Waals surface area contributed by atoms with Crippen molar-refractivity contribution >= 4 is 11.7 Å². The maximum absolute atomic E-state index is 12.2. The van der Waals surface area contributed by atoms with Crippen LogP contribution in [-0.2, 0) is 13.6 Å². The number of amides is 1. The third-order valence-electron chi connectivity index (χ3n) is 3.39. The Morgan fingerprint density at radius 1 is 1.23 bits per heavy atom. The summed E-state index contributed by atoms with van der Waals surface area (Å²) in [5.41, 5.74) is 2.37. The average Bonchev–Trinajstić information content (AvgIpc) is 3.08. The van der Waals surface area contributed by atoms with E-state index in [-0.39, 0.29) is 5.91 Å². The fourth-order valence-corrected chi connectivity index (χ4v) is 2.08. The van der Waals surface area contributed by atoms with Crippen molar-refractivity contribution in [1.29, 1.82) is 0 Å². The van der Waals surface area contributed by atoms with Crippen LogP contribution in [0.4, 0.5) is 5.82 Å². The van der Waals surface area contributed by atoms with Crippen molar-refractivity contribution in [2.75, 3.05) is 5.32 Å². The molecule has 0 saturated heterocycles. The molecule has 1 N–H and O–H groups in total. The number of aromatic nitrogens is 5. The molecule has 0 aliphatic carbocycles. The fourth-order valence-electron chi connectivity index (χ4n) is 2.08. The van der Waals surface area contributed by atoms with E-state index in [1.54, 1.807) is 47.1 Å². The molecule has 0 saturated carbocycles. The topological polar surface area (TPSA) is 77.6 Å². The molecule has 0 bridgehead atoms. The van der Waals surface area contributed by atoms with E-state index in [1.165, 1.54) is 0 Å². The standard InChI is InChI=1S/C15H16N6O/c1-11-9-13(19-20(11)2)15(22)18-14-5-8-17-21(14)10-12-3-6-16-7-4-12/h3-9H,10H2,1-2H3,(H,18,22). The normalized spacial score (nSPS) is 10.6. The van der Waals surface area contributed by atoms with Crippen LogP contribution in [0.1, 0.15) is 21.7 Å². The molecule has 0 aliphatic rings. The van der Waals surface area contributed by atoms with Gasteiger partial charge in [0.25, 0.3) is 5.91 Å². The van der Waals surface area contributed by atoms with E-state index in [1.807, 2.05) is 19.1 Å². The number of rotatable bonds is 4. The number of pyridine rings is 1. The highest BCUT2D eigenvalue weighted by atomic mass is 16.2. The lowest BCUT2D eigenvalue weighted by Gasteiger charge is -2.08. The van der Waals surface area contributed by atoms with Gasteiger partial charge in [0, 0.05) is 31.2 Å². The summed E-state index contributed by atoms with van der Waals surface area (Å²) in [6.07, 6.45) is 5.11. The van der Waals surface area contributed by atoms with Gasteiger partial charge in [0.1, 0.15) is 5.82 Å². The molecular weight excluding hydrogens is 280 g/mol. The summed E-state index contributed by atoms with van der Waals surface area (Å²) in [6, 6.07) is 7.33. The Balaban J connectivity index is 1.76. The van der Waals surface area contributed by atoms with Crippen LogP contribution in [0.15, 0.2) is 42.9 Å². The molecule has 0 unspecified atom stereocenters. The Kier molecular flexibility index (Phi) is 3.69. The molecule has 0 aliphatic heterocycles. The second-order valence-electron chi connectivity index (χ2n) is 4.98. The molecule has 3 heterocycles. The van der Waals surface area contributed by atoms with E-state index >= 15 is 0 Å². The van der Waals surface area contributed by atoms with Crippen LogP contribution in [0.3, 0.4) is 0 Å². The monoisotopic (exact) mass is 296 g/mol. The molecule has 0 radical (unpaired) electrons. The van der Waals surface area contributed by atoms with Gasteiger partial charge < -0.3 is 5.32 Å². The Hall–Kier alpha value is -2.96. The SMILES string of the molecule is Cc1cc(C(=O)Nc2ccnn2Cc2ccncc2)nn1C. The smallest absolute Gasteiger partial charge is 0.277 e. The van der Waals surface area contributed by atoms with Crippen molar-refractivity contribution in [2.24, 2.45) is 7.05 Å². The fraction of sp³-hybridized carbons (Fsp3) is 0.200. The lowest BCUT2D eigenvalue weighted by molar-refractivity contribution is 0.102. The lowest BCUT2D eigenvalue weighted by atomic mass is 10.3. The molecule has 7 heteroatoms. The van der Waals surface area contributed by atoms with E-state index in [0.717, 1.165) is 11.3 Å². The van der Waals surface area contributed by atoms with Crippen LogP contribution in [0.2, 0.25) is 0 Å². The Morgan fingerprint density at radius 3 is 2.68 bits per heavy atom. The van der Waals surface area contributed by atoms with Gasteiger partial charge in [-0.2, -0.15) is 10.2 Å². The number of hydrogen-bond acceptors (Lipinski definition) is 4. The van der Waals surface area contributed by atoms with E-state index in [2.05, 4.69) is 20.5 Å². The molecule has 7 nitrogen and oxygen atoms in total. The molecule has 1 amide bonds. The van der Waals surface area contributed by atoms with Crippen molar-refractivity contribution in [1.82, 2.24) is 24.5 Å². The average molecular weight is 296 g/mol. The molecule has 22 heavy (non-hydrogen) atoms. The first-order valence-electron chi connectivity index (χ1n) is 6.86. The van der Waals surface area contributed by atoms with Crippen LogP contribution in [0.25, 0.3) is 0 Å². The van der Waals surface area contributed by atoms with Crippen molar-refractivity contribution in [3.05, 3.63) is 59.8 Å². The summed E-state index contributed by atoms with van der Waals surface area (Å²) in [6.45, 7) is 2.46. The molecule has 3 aromatic rings. The molecule has 0 fully saturated rings. The number of nitrogens with zero attached hydrogens (tertiary/aromatic N) is 5. The first kappa shape index (κ1) is 14.0. The third-order valence-corrected chi connectivity index (χ3v) is 3.39. The Morgan fingerprint density at radius 2 is 2.00 bits per heavy atom. The number of carbonyl (C=O) groups excluding carboxylic acids is 1. The quantitative estimate of drug-likeness (QED) is 0.793. The van der Waals surface area contributed by atoms with E-state index in [9.17, 15) is 4.79 Å². The van der Waals surface area contributed by atoms with Gasteiger partial charge in [0.2, 0.25) is 0 Å². The van der Waals surface area contributed by atoms with Crippen molar-refractivity contribution in [2.45, 2.75) is 13.5 Å². The first-order chi connectivity index (χ1) is 10.6. The van der Waals surface area contributed by atoms with E-state index < -0.39 is 0 Å². The number of carbonyl (C=O) groups is 1. The predicted molar refractivity (Wildman–Crippen MR) is 81.5 cm³/mol. The third kappa shape index (κ3) is 2.88. The zero-order valence-electron chi connectivity index (χ0n) is 12.4. The largest absolute Gasteiger partial charge is 0.305 e. The van der Waals surface area contributed by atoms with E-state index in [0.29, 0.717) is 18.1 Å². The highest BCUT2D eigenvalue weighted by molar-refractivity contribution is 6.02. The van der Waals surface area contributed by atoms with Crippen LogP contribution in [0.5, 0.6) is 0 Å². The summed E-state index contributed by atoms with van der Waals surface area (Å²) in [5, 5.41) is 11.2.